The topological polar surface area (TPSA) is 25.8 Å². The fourth-order valence-corrected chi connectivity index (χ4v) is 4.79. The van der Waals surface area contributed by atoms with Crippen molar-refractivity contribution in [2.45, 2.75) is 114 Å². The van der Waals surface area contributed by atoms with Crippen LogP contribution >= 0.6 is 11.8 Å². The highest BCUT2D eigenvalue weighted by Gasteiger charge is 2.06. The van der Waals surface area contributed by atoms with Crippen molar-refractivity contribution in [1.82, 2.24) is 9.97 Å². The predicted molar refractivity (Wildman–Crippen MR) is 133 cm³/mol. The summed E-state index contributed by atoms with van der Waals surface area (Å²) in [6.45, 7) is 6.89. The number of aryl methyl sites for hydroxylation is 1. The first-order valence-electron chi connectivity index (χ1n) is 12.3. The molecule has 0 aliphatic carbocycles. The Morgan fingerprint density at radius 1 is 0.733 bits per heavy atom. The molecule has 1 atom stereocenters. The smallest absolute Gasteiger partial charge is 0.159 e. The second kappa shape index (κ2) is 15.5. The minimum atomic E-state index is 0.676. The number of hydrogen-bond acceptors (Lipinski definition) is 3. The summed E-state index contributed by atoms with van der Waals surface area (Å²) in [7, 11) is 0. The highest BCUT2D eigenvalue weighted by Crippen LogP contribution is 2.28. The Hall–Kier alpha value is -1.35. The van der Waals surface area contributed by atoms with Crippen LogP contribution in [0.25, 0.3) is 11.4 Å². The highest BCUT2D eigenvalue weighted by molar-refractivity contribution is 7.99. The minimum Gasteiger partial charge on any atom is -0.236 e. The molecule has 0 radical (unpaired) electrons. The number of benzene rings is 1. The fourth-order valence-electron chi connectivity index (χ4n) is 3.75. The van der Waals surface area contributed by atoms with Crippen LogP contribution in [-0.2, 0) is 6.42 Å². The number of rotatable bonds is 16. The Balaban J connectivity index is 1.73. The summed E-state index contributed by atoms with van der Waals surface area (Å²) in [5.41, 5.74) is 2.37. The maximum absolute atomic E-state index is 4.62. The van der Waals surface area contributed by atoms with Crippen molar-refractivity contribution in [2.24, 2.45) is 0 Å². The van der Waals surface area contributed by atoms with Gasteiger partial charge < -0.3 is 0 Å². The van der Waals surface area contributed by atoms with E-state index in [1.165, 1.54) is 87.5 Å². The van der Waals surface area contributed by atoms with Crippen molar-refractivity contribution in [1.29, 1.82) is 0 Å². The Labute approximate surface area is 189 Å². The average molecular weight is 427 g/mol. The summed E-state index contributed by atoms with van der Waals surface area (Å²) in [4.78, 5) is 10.6. The van der Waals surface area contributed by atoms with E-state index >= 15 is 0 Å². The Morgan fingerprint density at radius 2 is 1.30 bits per heavy atom. The van der Waals surface area contributed by atoms with Crippen molar-refractivity contribution in [3.05, 3.63) is 42.2 Å². The molecular weight excluding hydrogens is 384 g/mol. The molecule has 1 unspecified atom stereocenters. The number of nitrogens with zero attached hydrogens (tertiary/aromatic N) is 2. The van der Waals surface area contributed by atoms with Crippen LogP contribution in [0, 0.1) is 0 Å². The molecule has 0 saturated heterocycles. The van der Waals surface area contributed by atoms with Crippen LogP contribution in [0.2, 0.25) is 0 Å². The third-order valence-electron chi connectivity index (χ3n) is 5.69. The maximum atomic E-state index is 4.62. The van der Waals surface area contributed by atoms with Crippen molar-refractivity contribution in [2.75, 3.05) is 0 Å². The fraction of sp³-hybridized carbons (Fsp3) is 0.630. The van der Waals surface area contributed by atoms with Gasteiger partial charge in [-0.3, -0.25) is 0 Å². The molecule has 2 nitrogen and oxygen atoms in total. The summed E-state index contributed by atoms with van der Waals surface area (Å²) in [5.74, 6) is 0.836. The van der Waals surface area contributed by atoms with E-state index < -0.39 is 0 Å². The molecule has 166 valence electrons. The number of thioether (sulfide) groups is 1. The Bertz CT molecular complexity index is 666. The zero-order chi connectivity index (χ0) is 21.4. The average Bonchev–Trinajstić information content (AvgIpc) is 2.77. The third kappa shape index (κ3) is 10.1. The van der Waals surface area contributed by atoms with E-state index in [9.17, 15) is 0 Å². The first-order chi connectivity index (χ1) is 14.7. The van der Waals surface area contributed by atoms with Crippen molar-refractivity contribution >= 4 is 11.8 Å². The van der Waals surface area contributed by atoms with Gasteiger partial charge in [-0.05, 0) is 37.0 Å². The largest absolute Gasteiger partial charge is 0.236 e. The van der Waals surface area contributed by atoms with E-state index in [2.05, 4.69) is 55.0 Å². The van der Waals surface area contributed by atoms with Crippen molar-refractivity contribution in [3.63, 3.8) is 0 Å². The van der Waals surface area contributed by atoms with E-state index in [-0.39, 0.29) is 0 Å². The van der Waals surface area contributed by atoms with Crippen LogP contribution in [0.3, 0.4) is 0 Å². The van der Waals surface area contributed by atoms with E-state index in [1.807, 2.05) is 24.2 Å². The molecule has 0 aliphatic heterocycles. The van der Waals surface area contributed by atoms with Crippen molar-refractivity contribution in [3.8, 4) is 11.4 Å². The van der Waals surface area contributed by atoms with Gasteiger partial charge in [-0.15, -0.1) is 11.8 Å². The van der Waals surface area contributed by atoms with Gasteiger partial charge in [0.25, 0.3) is 0 Å². The third-order valence-corrected chi connectivity index (χ3v) is 6.87. The van der Waals surface area contributed by atoms with E-state index in [0.717, 1.165) is 17.8 Å². The molecule has 1 heterocycles. The Kier molecular flexibility index (Phi) is 12.8. The summed E-state index contributed by atoms with van der Waals surface area (Å²) in [6, 6.07) is 8.77. The van der Waals surface area contributed by atoms with Crippen molar-refractivity contribution < 1.29 is 0 Å². The second-order valence-electron chi connectivity index (χ2n) is 8.59. The lowest BCUT2D eigenvalue weighted by Crippen LogP contribution is -1.96. The predicted octanol–water partition coefficient (Wildman–Crippen LogP) is 8.89. The SMILES string of the molecule is CCCCCCCCCc1cnc(-c2ccc(SC(C)CCCCCC)cc2)nc1. The van der Waals surface area contributed by atoms with Gasteiger partial charge in [0.2, 0.25) is 0 Å². The molecule has 0 N–H and O–H groups in total. The molecule has 1 aromatic heterocycles. The monoisotopic (exact) mass is 426 g/mol. The summed E-state index contributed by atoms with van der Waals surface area (Å²) < 4.78 is 0. The molecular formula is C27H42N2S. The summed E-state index contributed by atoms with van der Waals surface area (Å²) in [6.07, 6.45) is 21.2. The van der Waals surface area contributed by atoms with Crippen LogP contribution < -0.4 is 0 Å². The van der Waals surface area contributed by atoms with Crippen LogP contribution in [-0.4, -0.2) is 15.2 Å². The number of hydrogen-bond donors (Lipinski definition) is 0. The quantitative estimate of drug-likeness (QED) is 0.198. The van der Waals surface area contributed by atoms with Gasteiger partial charge in [0.15, 0.2) is 5.82 Å². The van der Waals surface area contributed by atoms with Gasteiger partial charge in [-0.2, -0.15) is 0 Å². The van der Waals surface area contributed by atoms with E-state index in [4.69, 9.17) is 0 Å². The van der Waals surface area contributed by atoms with Crippen LogP contribution in [0.5, 0.6) is 0 Å². The lowest BCUT2D eigenvalue weighted by molar-refractivity contribution is 0.589. The molecule has 30 heavy (non-hydrogen) atoms. The Morgan fingerprint density at radius 3 is 1.93 bits per heavy atom. The summed E-state index contributed by atoms with van der Waals surface area (Å²) in [5, 5.41) is 0.676. The standard InChI is InChI=1S/C27H42N2S/c1-4-6-8-10-11-12-14-16-24-21-28-27(29-22-24)25-17-19-26(20-18-25)30-23(3)15-13-9-7-5-2/h17-23H,4-16H2,1-3H3. The zero-order valence-electron chi connectivity index (χ0n) is 19.5. The molecule has 2 aromatic rings. The van der Waals surface area contributed by atoms with Gasteiger partial charge in [0, 0.05) is 28.1 Å². The van der Waals surface area contributed by atoms with Gasteiger partial charge in [0.05, 0.1) is 0 Å². The molecule has 0 aliphatic rings. The molecule has 0 saturated carbocycles. The van der Waals surface area contributed by atoms with Gasteiger partial charge in [-0.25, -0.2) is 9.97 Å². The molecule has 2 rings (SSSR count). The molecule has 0 spiro atoms. The maximum Gasteiger partial charge on any atom is 0.159 e. The van der Waals surface area contributed by atoms with Gasteiger partial charge in [0.1, 0.15) is 0 Å². The van der Waals surface area contributed by atoms with Crippen LogP contribution in [0.15, 0.2) is 41.6 Å². The molecule has 1 aromatic carbocycles. The second-order valence-corrected chi connectivity index (χ2v) is 10.1. The summed E-state index contributed by atoms with van der Waals surface area (Å²) >= 11 is 1.98. The lowest BCUT2D eigenvalue weighted by atomic mass is 10.1. The normalized spacial score (nSPS) is 12.2. The van der Waals surface area contributed by atoms with E-state index in [1.54, 1.807) is 0 Å². The first-order valence-corrected chi connectivity index (χ1v) is 13.2. The highest BCUT2D eigenvalue weighted by atomic mass is 32.2. The molecule has 3 heteroatoms. The lowest BCUT2D eigenvalue weighted by Gasteiger charge is -2.11. The van der Waals surface area contributed by atoms with Crippen LogP contribution in [0.1, 0.15) is 103 Å². The number of aromatic nitrogens is 2. The molecule has 0 bridgehead atoms. The first kappa shape index (κ1) is 24.9. The zero-order valence-corrected chi connectivity index (χ0v) is 20.4. The minimum absolute atomic E-state index is 0.676. The van der Waals surface area contributed by atoms with Gasteiger partial charge in [-0.1, -0.05) is 97.1 Å². The van der Waals surface area contributed by atoms with E-state index in [0.29, 0.717) is 5.25 Å². The van der Waals surface area contributed by atoms with Crippen LogP contribution in [0.4, 0.5) is 0 Å². The molecule has 0 amide bonds. The van der Waals surface area contributed by atoms with Gasteiger partial charge >= 0.3 is 0 Å². The number of unbranched alkanes of at least 4 members (excludes halogenated alkanes) is 9. The molecule has 0 fully saturated rings.